The molecule has 1 N–H and O–H groups in total. The summed E-state index contributed by atoms with van der Waals surface area (Å²) in [6, 6.07) is 15.4. The molecule has 2 rings (SSSR count). The maximum Gasteiger partial charge on any atom is 0.240 e. The van der Waals surface area contributed by atoms with Crippen LogP contribution in [0.2, 0.25) is 5.02 Å². The van der Waals surface area contributed by atoms with Crippen molar-refractivity contribution in [2.45, 2.75) is 11.3 Å². The molecular formula is C16H16ClNO3S2. The van der Waals surface area contributed by atoms with Crippen LogP contribution in [0.4, 0.5) is 0 Å². The van der Waals surface area contributed by atoms with Crippen LogP contribution >= 0.6 is 23.4 Å². The zero-order chi connectivity index (χ0) is 16.7. The Kier molecular flexibility index (Phi) is 6.65. The van der Waals surface area contributed by atoms with Gasteiger partial charge in [0.25, 0.3) is 0 Å². The van der Waals surface area contributed by atoms with Crippen LogP contribution in [0, 0.1) is 0 Å². The molecule has 0 atom stereocenters. The summed E-state index contributed by atoms with van der Waals surface area (Å²) in [4.78, 5) is 12.0. The molecule has 23 heavy (non-hydrogen) atoms. The molecule has 122 valence electrons. The zero-order valence-electron chi connectivity index (χ0n) is 12.2. The van der Waals surface area contributed by atoms with E-state index in [2.05, 4.69) is 4.72 Å². The maximum atomic E-state index is 12.0. The van der Waals surface area contributed by atoms with Gasteiger partial charge >= 0.3 is 0 Å². The van der Waals surface area contributed by atoms with E-state index in [0.29, 0.717) is 17.2 Å². The molecule has 0 aliphatic heterocycles. The third kappa shape index (κ3) is 5.99. The number of carbonyl (C=O) groups is 1. The van der Waals surface area contributed by atoms with Gasteiger partial charge in [0.15, 0.2) is 5.12 Å². The van der Waals surface area contributed by atoms with Gasteiger partial charge < -0.3 is 0 Å². The van der Waals surface area contributed by atoms with Crippen molar-refractivity contribution in [3.8, 4) is 0 Å². The summed E-state index contributed by atoms with van der Waals surface area (Å²) in [5.41, 5.74) is 0.951. The van der Waals surface area contributed by atoms with E-state index in [1.54, 1.807) is 0 Å². The molecule has 2 aromatic carbocycles. The Labute approximate surface area is 145 Å². The molecule has 0 fully saturated rings. The molecule has 0 unspecified atom stereocenters. The van der Waals surface area contributed by atoms with Crippen molar-refractivity contribution in [3.05, 3.63) is 65.2 Å². The molecule has 0 aliphatic rings. The van der Waals surface area contributed by atoms with Gasteiger partial charge in [-0.3, -0.25) is 4.79 Å². The Morgan fingerprint density at radius 2 is 1.70 bits per heavy atom. The molecule has 0 aliphatic carbocycles. The van der Waals surface area contributed by atoms with Crippen LogP contribution in [-0.2, 0) is 21.2 Å². The van der Waals surface area contributed by atoms with Gasteiger partial charge in [0.2, 0.25) is 10.0 Å². The minimum Gasteiger partial charge on any atom is -0.287 e. The molecule has 4 nitrogen and oxygen atoms in total. The second-order valence-electron chi connectivity index (χ2n) is 4.73. The standard InChI is InChI=1S/C16H16ClNO3S2/c17-14-6-8-15(9-7-14)23(20,21)18-10-11-22-16(19)12-13-4-2-1-3-5-13/h1-9,18H,10-12H2. The van der Waals surface area contributed by atoms with Crippen molar-refractivity contribution in [3.63, 3.8) is 0 Å². The Balaban J connectivity index is 1.76. The first-order valence-corrected chi connectivity index (χ1v) is 9.77. The number of sulfonamides is 1. The fourth-order valence-electron chi connectivity index (χ4n) is 1.85. The van der Waals surface area contributed by atoms with E-state index in [9.17, 15) is 13.2 Å². The number of carbonyl (C=O) groups excluding carboxylic acids is 1. The third-order valence-electron chi connectivity index (χ3n) is 2.97. The van der Waals surface area contributed by atoms with Crippen LogP contribution in [0.5, 0.6) is 0 Å². The van der Waals surface area contributed by atoms with E-state index >= 15 is 0 Å². The molecule has 0 saturated carbocycles. The molecule has 0 heterocycles. The Bertz CT molecular complexity index is 747. The Morgan fingerprint density at radius 3 is 2.35 bits per heavy atom. The zero-order valence-corrected chi connectivity index (χ0v) is 14.6. The predicted molar refractivity (Wildman–Crippen MR) is 94.3 cm³/mol. The summed E-state index contributed by atoms with van der Waals surface area (Å²) in [7, 11) is -3.57. The van der Waals surface area contributed by atoms with E-state index in [0.717, 1.165) is 17.3 Å². The topological polar surface area (TPSA) is 63.2 Å². The first-order valence-electron chi connectivity index (χ1n) is 6.92. The average Bonchev–Trinajstić information content (AvgIpc) is 2.53. The number of halogens is 1. The fraction of sp³-hybridized carbons (Fsp3) is 0.188. The summed E-state index contributed by atoms with van der Waals surface area (Å²) in [6.07, 6.45) is 0.343. The summed E-state index contributed by atoms with van der Waals surface area (Å²) in [5, 5.41) is 0.493. The number of thioether (sulfide) groups is 1. The molecule has 7 heteroatoms. The van der Waals surface area contributed by atoms with Gasteiger partial charge in [0, 0.05) is 23.7 Å². The fourth-order valence-corrected chi connectivity index (χ4v) is 3.84. The normalized spacial score (nSPS) is 11.3. The van der Waals surface area contributed by atoms with Gasteiger partial charge in [-0.05, 0) is 29.8 Å². The van der Waals surface area contributed by atoms with Gasteiger partial charge in [-0.2, -0.15) is 0 Å². The maximum absolute atomic E-state index is 12.0. The summed E-state index contributed by atoms with van der Waals surface area (Å²) in [5.74, 6) is 0.387. The molecule has 0 amide bonds. The van der Waals surface area contributed by atoms with Crippen molar-refractivity contribution in [2.75, 3.05) is 12.3 Å². The van der Waals surface area contributed by atoms with Crippen molar-refractivity contribution in [1.29, 1.82) is 0 Å². The van der Waals surface area contributed by atoms with E-state index in [1.807, 2.05) is 30.3 Å². The summed E-state index contributed by atoms with van der Waals surface area (Å²) < 4.78 is 26.5. The third-order valence-corrected chi connectivity index (χ3v) is 5.58. The number of hydrogen-bond acceptors (Lipinski definition) is 4. The highest BCUT2D eigenvalue weighted by atomic mass is 35.5. The first-order chi connectivity index (χ1) is 11.0. The molecule has 0 bridgehead atoms. The van der Waals surface area contributed by atoms with Crippen molar-refractivity contribution in [1.82, 2.24) is 4.72 Å². The number of nitrogens with one attached hydrogen (secondary N) is 1. The number of rotatable bonds is 7. The van der Waals surface area contributed by atoms with Crippen LogP contribution < -0.4 is 4.72 Å². The Hall–Kier alpha value is -1.34. The van der Waals surface area contributed by atoms with Crippen LogP contribution in [0.15, 0.2) is 59.5 Å². The smallest absolute Gasteiger partial charge is 0.240 e. The SMILES string of the molecule is O=C(Cc1ccccc1)SCCNS(=O)(=O)c1ccc(Cl)cc1. The quantitative estimate of drug-likeness (QED) is 0.761. The largest absolute Gasteiger partial charge is 0.287 e. The van der Waals surface area contributed by atoms with E-state index in [-0.39, 0.29) is 16.6 Å². The lowest BCUT2D eigenvalue weighted by Crippen LogP contribution is -2.26. The number of hydrogen-bond donors (Lipinski definition) is 1. The summed E-state index contributed by atoms with van der Waals surface area (Å²) in [6.45, 7) is 0.191. The highest BCUT2D eigenvalue weighted by Crippen LogP contribution is 2.14. The van der Waals surface area contributed by atoms with Crippen molar-refractivity contribution >= 4 is 38.5 Å². The second kappa shape index (κ2) is 8.49. The predicted octanol–water partition coefficient (Wildman–Crippen LogP) is 3.12. The number of benzene rings is 2. The molecular weight excluding hydrogens is 354 g/mol. The van der Waals surface area contributed by atoms with Crippen LogP contribution in [0.1, 0.15) is 5.56 Å². The van der Waals surface area contributed by atoms with Crippen LogP contribution in [0.3, 0.4) is 0 Å². The monoisotopic (exact) mass is 369 g/mol. The molecule has 0 aromatic heterocycles. The molecule has 2 aromatic rings. The molecule has 0 radical (unpaired) electrons. The minimum absolute atomic E-state index is 0.0156. The lowest BCUT2D eigenvalue weighted by atomic mass is 10.2. The van der Waals surface area contributed by atoms with E-state index < -0.39 is 10.0 Å². The summed E-state index contributed by atoms with van der Waals surface area (Å²) >= 11 is 6.86. The van der Waals surface area contributed by atoms with Crippen molar-refractivity contribution in [2.24, 2.45) is 0 Å². The van der Waals surface area contributed by atoms with Gasteiger partial charge in [-0.15, -0.1) is 0 Å². The second-order valence-corrected chi connectivity index (χ2v) is 8.09. The molecule has 0 spiro atoms. The van der Waals surface area contributed by atoms with Crippen molar-refractivity contribution < 1.29 is 13.2 Å². The minimum atomic E-state index is -3.57. The van der Waals surface area contributed by atoms with Crippen LogP contribution in [-0.4, -0.2) is 25.8 Å². The average molecular weight is 370 g/mol. The van der Waals surface area contributed by atoms with Gasteiger partial charge in [0.1, 0.15) is 0 Å². The van der Waals surface area contributed by atoms with Gasteiger partial charge in [-0.25, -0.2) is 13.1 Å². The highest BCUT2D eigenvalue weighted by Gasteiger charge is 2.13. The van der Waals surface area contributed by atoms with Crippen LogP contribution in [0.25, 0.3) is 0 Å². The van der Waals surface area contributed by atoms with Gasteiger partial charge in [-0.1, -0.05) is 53.7 Å². The molecule has 0 saturated heterocycles. The highest BCUT2D eigenvalue weighted by molar-refractivity contribution is 8.13. The lowest BCUT2D eigenvalue weighted by Gasteiger charge is -2.06. The van der Waals surface area contributed by atoms with Gasteiger partial charge in [0.05, 0.1) is 4.90 Å². The van der Waals surface area contributed by atoms with E-state index in [4.69, 9.17) is 11.6 Å². The Morgan fingerprint density at radius 1 is 1.04 bits per heavy atom. The van der Waals surface area contributed by atoms with E-state index in [1.165, 1.54) is 24.3 Å². The first kappa shape index (κ1) is 18.0. The lowest BCUT2D eigenvalue weighted by molar-refractivity contribution is -0.110.